The lowest BCUT2D eigenvalue weighted by molar-refractivity contribution is -0.390. The Bertz CT molecular complexity index is 1600. The van der Waals surface area contributed by atoms with E-state index in [4.69, 9.17) is 47.4 Å². The lowest BCUT2D eigenvalue weighted by atomic mass is 9.43. The van der Waals surface area contributed by atoms with E-state index in [2.05, 4.69) is 27.7 Å². The van der Waals surface area contributed by atoms with Crippen LogP contribution < -0.4 is 0 Å². The largest absolute Gasteiger partial charge is 0.394 e. The zero-order valence-electron chi connectivity index (χ0n) is 38.9. The van der Waals surface area contributed by atoms with E-state index in [-0.39, 0.29) is 22.9 Å². The minimum absolute atomic E-state index is 0.0637. The summed E-state index contributed by atoms with van der Waals surface area (Å²) in [4.78, 5) is 0. The van der Waals surface area contributed by atoms with Crippen molar-refractivity contribution in [1.82, 2.24) is 0 Å². The van der Waals surface area contributed by atoms with Gasteiger partial charge in [0.05, 0.1) is 43.7 Å². The Hall–Kier alpha value is -0.680. The molecule has 9 rings (SSSR count). The molecule has 9 fully saturated rings. The van der Waals surface area contributed by atoms with Crippen molar-refractivity contribution in [3.63, 3.8) is 0 Å². The molecule has 28 atom stereocenters. The molecular weight excluding hydrogens is 837 g/mol. The molecule has 64 heavy (non-hydrogen) atoms. The highest BCUT2D eigenvalue weighted by Gasteiger charge is 2.70. The highest BCUT2D eigenvalue weighted by atomic mass is 16.8. The number of fused-ring (bicyclic) bond motifs is 7. The third kappa shape index (κ3) is 7.88. The molecule has 5 aliphatic heterocycles. The summed E-state index contributed by atoms with van der Waals surface area (Å²) >= 11 is 0. The zero-order chi connectivity index (χ0) is 45.8. The van der Waals surface area contributed by atoms with Crippen LogP contribution in [0.5, 0.6) is 0 Å². The van der Waals surface area contributed by atoms with E-state index in [1.807, 2.05) is 0 Å². The molecule has 5 heterocycles. The quantitative estimate of drug-likeness (QED) is 0.163. The third-order valence-corrected chi connectivity index (χ3v) is 18.7. The minimum atomic E-state index is -1.63. The number of ether oxygens (including phenoxy) is 10. The Labute approximate surface area is 377 Å². The lowest BCUT2D eigenvalue weighted by Gasteiger charge is -2.62. The predicted octanol–water partition coefficient (Wildman–Crippen LogP) is 1.60. The average molecular weight is 915 g/mol. The van der Waals surface area contributed by atoms with E-state index in [0.717, 1.165) is 45.1 Å². The number of aliphatic hydroxyl groups excluding tert-OH is 7. The van der Waals surface area contributed by atoms with Crippen molar-refractivity contribution < 1.29 is 83.1 Å². The second kappa shape index (κ2) is 18.2. The molecule has 17 heteroatoms. The molecule has 0 aromatic heterocycles. The molecule has 4 aliphatic carbocycles. The van der Waals surface area contributed by atoms with Crippen LogP contribution in [0.3, 0.4) is 0 Å². The van der Waals surface area contributed by atoms with Crippen LogP contribution in [0.1, 0.15) is 99.3 Å². The highest BCUT2D eigenvalue weighted by Crippen LogP contribution is 2.71. The Kier molecular flexibility index (Phi) is 13.8. The molecule has 0 radical (unpaired) electrons. The molecule has 4 saturated carbocycles. The van der Waals surface area contributed by atoms with Crippen LogP contribution in [0.25, 0.3) is 0 Å². The minimum Gasteiger partial charge on any atom is -0.394 e. The van der Waals surface area contributed by atoms with Crippen LogP contribution in [-0.4, -0.2) is 179 Å². The van der Waals surface area contributed by atoms with Crippen molar-refractivity contribution in [3.8, 4) is 0 Å². The van der Waals surface area contributed by atoms with Crippen LogP contribution in [0, 0.1) is 52.3 Å². The molecule has 7 N–H and O–H groups in total. The normalized spacial score (nSPS) is 58.6. The van der Waals surface area contributed by atoms with E-state index < -0.39 is 117 Å². The fraction of sp³-hybridized carbons (Fsp3) is 1.00. The van der Waals surface area contributed by atoms with Gasteiger partial charge in [0, 0.05) is 26.6 Å². The Morgan fingerprint density at radius 2 is 1.22 bits per heavy atom. The van der Waals surface area contributed by atoms with Gasteiger partial charge in [-0.05, 0) is 112 Å². The first-order chi connectivity index (χ1) is 30.4. The number of rotatable bonds is 9. The van der Waals surface area contributed by atoms with Gasteiger partial charge in [-0.15, -0.1) is 0 Å². The highest BCUT2D eigenvalue weighted by molar-refractivity contribution is 5.16. The molecule has 0 aromatic carbocycles. The molecule has 368 valence electrons. The standard InChI is InChI=1S/C47H78O17/c1-20-9-14-47(57-19-20)21(2)32-30(64-47)17-27-25-16-29(49)28-15-24(10-12-45(28,5)26(25)11-13-46(27,32)6)60-44-41(63-43-36(53)34(51)39(56-8)23(4)59-43)37(54)40(31(18-48)61-44)62-42-35(52)33(50)38(55-7)22(3)58-42/h20-44,48-54H,9-19H2,1-8H3/t20-,21+,22+,23+,24+,25-,26+,27+,28-,29+,30+,31-,32+,33+,34+,35-,36-,37+,38+,39+,40-,41-,42+,43+,44-,45-,46+,47-/m1/s1. The van der Waals surface area contributed by atoms with Crippen LogP contribution in [0.2, 0.25) is 0 Å². The Morgan fingerprint density at radius 3 is 1.81 bits per heavy atom. The maximum absolute atomic E-state index is 12.2. The number of hydrogen-bond acceptors (Lipinski definition) is 17. The summed E-state index contributed by atoms with van der Waals surface area (Å²) in [5, 5.41) is 79.0. The second-order valence-corrected chi connectivity index (χ2v) is 22.0. The summed E-state index contributed by atoms with van der Waals surface area (Å²) < 4.78 is 61.7. The van der Waals surface area contributed by atoms with Crippen molar-refractivity contribution in [2.24, 2.45) is 52.3 Å². The maximum Gasteiger partial charge on any atom is 0.187 e. The Morgan fingerprint density at radius 1 is 0.594 bits per heavy atom. The van der Waals surface area contributed by atoms with E-state index in [1.165, 1.54) is 14.2 Å². The van der Waals surface area contributed by atoms with Crippen LogP contribution in [0.15, 0.2) is 0 Å². The van der Waals surface area contributed by atoms with Gasteiger partial charge in [-0.1, -0.05) is 27.7 Å². The molecule has 0 unspecified atom stereocenters. The second-order valence-electron chi connectivity index (χ2n) is 22.0. The van der Waals surface area contributed by atoms with Gasteiger partial charge in [-0.2, -0.15) is 0 Å². The van der Waals surface area contributed by atoms with Crippen molar-refractivity contribution in [1.29, 1.82) is 0 Å². The summed E-state index contributed by atoms with van der Waals surface area (Å²) in [6.45, 7) is 12.9. The Balaban J connectivity index is 0.915. The third-order valence-electron chi connectivity index (χ3n) is 18.7. The molecule has 9 aliphatic rings. The number of aliphatic hydroxyl groups is 7. The average Bonchev–Trinajstić information content (AvgIpc) is 3.71. The summed E-state index contributed by atoms with van der Waals surface area (Å²) in [5.41, 5.74) is -0.0234. The van der Waals surface area contributed by atoms with Gasteiger partial charge >= 0.3 is 0 Å². The van der Waals surface area contributed by atoms with Gasteiger partial charge in [0.15, 0.2) is 24.7 Å². The molecule has 5 saturated heterocycles. The van der Waals surface area contributed by atoms with Crippen molar-refractivity contribution in [2.75, 3.05) is 27.4 Å². The summed E-state index contributed by atoms with van der Waals surface area (Å²) in [6, 6.07) is 0. The zero-order valence-corrected chi connectivity index (χ0v) is 38.9. The van der Waals surface area contributed by atoms with Crippen molar-refractivity contribution in [3.05, 3.63) is 0 Å². The smallest absolute Gasteiger partial charge is 0.187 e. The summed E-state index contributed by atoms with van der Waals surface area (Å²) in [5.74, 6) is 2.03. The number of methoxy groups -OCH3 is 2. The molecule has 0 aromatic rings. The van der Waals surface area contributed by atoms with E-state index >= 15 is 0 Å². The van der Waals surface area contributed by atoms with Crippen molar-refractivity contribution >= 4 is 0 Å². The molecule has 17 nitrogen and oxygen atoms in total. The number of hydrogen-bond donors (Lipinski definition) is 7. The van der Waals surface area contributed by atoms with Crippen molar-refractivity contribution in [2.45, 2.75) is 216 Å². The van der Waals surface area contributed by atoms with Crippen LogP contribution >= 0.6 is 0 Å². The van der Waals surface area contributed by atoms with E-state index in [9.17, 15) is 35.7 Å². The van der Waals surface area contributed by atoms with Gasteiger partial charge in [-0.3, -0.25) is 0 Å². The van der Waals surface area contributed by atoms with Gasteiger partial charge in [0.25, 0.3) is 0 Å². The lowest BCUT2D eigenvalue weighted by Crippen LogP contribution is -2.67. The summed E-state index contributed by atoms with van der Waals surface area (Å²) in [6.07, 6.45) is -11.8. The van der Waals surface area contributed by atoms with Gasteiger partial charge in [0.2, 0.25) is 0 Å². The molecular formula is C47H78O17. The van der Waals surface area contributed by atoms with Gasteiger partial charge in [0.1, 0.15) is 61.0 Å². The fourth-order valence-electron chi connectivity index (χ4n) is 15.3. The van der Waals surface area contributed by atoms with Gasteiger partial charge in [-0.25, -0.2) is 0 Å². The molecule has 0 amide bonds. The van der Waals surface area contributed by atoms with E-state index in [0.29, 0.717) is 54.8 Å². The van der Waals surface area contributed by atoms with E-state index in [1.54, 1.807) is 13.8 Å². The topological polar surface area (TPSA) is 234 Å². The first-order valence-electron chi connectivity index (χ1n) is 24.4. The molecule has 1 spiro atoms. The van der Waals surface area contributed by atoms with Crippen LogP contribution in [0.4, 0.5) is 0 Å². The SMILES string of the molecule is CO[C@@H]1[C@@H](O)[C@@H](O)[C@H](O[C@H]2[C@H](O[C@H]3CC[C@@]4(C)[C@H](C3)[C@@H](O)C[C@@H]3[C@@H]4CC[C@]4(C)[C@@H]5[C@H](C[C@@H]34)O[C@]3(CC[C@@H](C)CO3)[C@H]5C)O[C@H](CO)[C@@H](O[C@@H]3O[C@@H](C)[C@H](OC)[C@@H](O)[C@H]3O)[C@@H]2O)O[C@H]1C. The monoisotopic (exact) mass is 915 g/mol. The first kappa shape index (κ1) is 48.3. The molecule has 0 bridgehead atoms. The van der Waals surface area contributed by atoms with Crippen LogP contribution in [-0.2, 0) is 47.4 Å². The summed E-state index contributed by atoms with van der Waals surface area (Å²) in [7, 11) is 2.79. The predicted molar refractivity (Wildman–Crippen MR) is 224 cm³/mol. The first-order valence-corrected chi connectivity index (χ1v) is 24.4. The van der Waals surface area contributed by atoms with Gasteiger partial charge < -0.3 is 83.1 Å². The fourth-order valence-corrected chi connectivity index (χ4v) is 15.3. The maximum atomic E-state index is 12.2.